The molecule has 1 aliphatic carbocycles. The Labute approximate surface area is 116 Å². The molecule has 1 heterocycles. The fraction of sp³-hybridized carbons (Fsp3) is 0.625. The van der Waals surface area contributed by atoms with Crippen LogP contribution in [0.3, 0.4) is 0 Å². The molecule has 2 atom stereocenters. The molecule has 104 valence electrons. The number of para-hydroxylation sites is 1. The highest BCUT2D eigenvalue weighted by Gasteiger charge is 2.36. The molecule has 0 bridgehead atoms. The smallest absolute Gasteiger partial charge is 0.0367 e. The van der Waals surface area contributed by atoms with E-state index >= 15 is 0 Å². The lowest BCUT2D eigenvalue weighted by atomic mass is 9.78. The molecule has 0 aromatic heterocycles. The SMILES string of the molecule is CNCC1CCC1N1CCN(c2ccccc2)CC1. The molecule has 2 fully saturated rings. The van der Waals surface area contributed by atoms with E-state index in [9.17, 15) is 0 Å². The summed E-state index contributed by atoms with van der Waals surface area (Å²) in [4.78, 5) is 5.23. The monoisotopic (exact) mass is 259 g/mol. The summed E-state index contributed by atoms with van der Waals surface area (Å²) in [6.07, 6.45) is 2.81. The summed E-state index contributed by atoms with van der Waals surface area (Å²) < 4.78 is 0. The molecule has 19 heavy (non-hydrogen) atoms. The van der Waals surface area contributed by atoms with E-state index in [0.29, 0.717) is 0 Å². The molecule has 2 unspecified atom stereocenters. The lowest BCUT2D eigenvalue weighted by molar-refractivity contribution is 0.0583. The molecule has 2 aliphatic rings. The minimum absolute atomic E-state index is 0.838. The van der Waals surface area contributed by atoms with Crippen molar-refractivity contribution in [3.63, 3.8) is 0 Å². The molecule has 1 aliphatic heterocycles. The predicted octanol–water partition coefficient (Wildman–Crippen LogP) is 1.81. The molecule has 1 N–H and O–H groups in total. The van der Waals surface area contributed by atoms with Gasteiger partial charge in [-0.15, -0.1) is 0 Å². The van der Waals surface area contributed by atoms with Crippen molar-refractivity contribution in [3.8, 4) is 0 Å². The van der Waals surface area contributed by atoms with Crippen molar-refractivity contribution >= 4 is 5.69 Å². The van der Waals surface area contributed by atoms with E-state index in [2.05, 4.69) is 52.5 Å². The van der Waals surface area contributed by atoms with Gasteiger partial charge in [-0.05, 0) is 44.5 Å². The van der Waals surface area contributed by atoms with Gasteiger partial charge in [0.15, 0.2) is 0 Å². The Kier molecular flexibility index (Phi) is 4.04. The second-order valence-electron chi connectivity index (χ2n) is 5.82. The van der Waals surface area contributed by atoms with Crippen molar-refractivity contribution < 1.29 is 0 Å². The standard InChI is InChI=1S/C16H25N3/c1-17-13-14-7-8-16(14)19-11-9-18(10-12-19)15-5-3-2-4-6-15/h2-6,14,16-17H,7-13H2,1H3. The van der Waals surface area contributed by atoms with Crippen LogP contribution in [0.1, 0.15) is 12.8 Å². The van der Waals surface area contributed by atoms with Crippen LogP contribution in [0.25, 0.3) is 0 Å². The Hall–Kier alpha value is -1.06. The van der Waals surface area contributed by atoms with Crippen molar-refractivity contribution in [1.82, 2.24) is 10.2 Å². The molecule has 0 amide bonds. The molecular weight excluding hydrogens is 234 g/mol. The first-order valence-electron chi connectivity index (χ1n) is 7.57. The predicted molar refractivity (Wildman–Crippen MR) is 80.7 cm³/mol. The van der Waals surface area contributed by atoms with Crippen LogP contribution in [0.4, 0.5) is 5.69 Å². The van der Waals surface area contributed by atoms with Gasteiger partial charge in [-0.2, -0.15) is 0 Å². The zero-order chi connectivity index (χ0) is 13.1. The number of hydrogen-bond acceptors (Lipinski definition) is 3. The molecule has 1 aromatic rings. The molecule has 1 aromatic carbocycles. The van der Waals surface area contributed by atoms with Crippen molar-refractivity contribution in [2.45, 2.75) is 18.9 Å². The van der Waals surface area contributed by atoms with Crippen LogP contribution in [-0.4, -0.2) is 50.7 Å². The van der Waals surface area contributed by atoms with Gasteiger partial charge in [0, 0.05) is 37.9 Å². The number of hydrogen-bond donors (Lipinski definition) is 1. The maximum absolute atomic E-state index is 3.34. The van der Waals surface area contributed by atoms with Crippen molar-refractivity contribution in [2.24, 2.45) is 5.92 Å². The summed E-state index contributed by atoms with van der Waals surface area (Å²) in [5.74, 6) is 0.883. The zero-order valence-electron chi connectivity index (χ0n) is 11.9. The van der Waals surface area contributed by atoms with Gasteiger partial charge in [-0.25, -0.2) is 0 Å². The highest BCUT2D eigenvalue weighted by atomic mass is 15.3. The number of rotatable bonds is 4. The van der Waals surface area contributed by atoms with Gasteiger partial charge in [0.2, 0.25) is 0 Å². The van der Waals surface area contributed by atoms with Crippen LogP contribution in [0.15, 0.2) is 30.3 Å². The van der Waals surface area contributed by atoms with Crippen molar-refractivity contribution in [1.29, 1.82) is 0 Å². The van der Waals surface area contributed by atoms with Crippen molar-refractivity contribution in [3.05, 3.63) is 30.3 Å². The molecular formula is C16H25N3. The first kappa shape index (κ1) is 12.9. The summed E-state index contributed by atoms with van der Waals surface area (Å²) in [5, 5.41) is 3.34. The minimum Gasteiger partial charge on any atom is -0.369 e. The van der Waals surface area contributed by atoms with E-state index in [1.807, 2.05) is 0 Å². The maximum atomic E-state index is 3.34. The fourth-order valence-electron chi connectivity index (χ4n) is 3.48. The fourth-order valence-corrected chi connectivity index (χ4v) is 3.48. The van der Waals surface area contributed by atoms with E-state index in [1.165, 1.54) is 51.3 Å². The first-order valence-corrected chi connectivity index (χ1v) is 7.57. The van der Waals surface area contributed by atoms with Gasteiger partial charge in [-0.3, -0.25) is 4.90 Å². The van der Waals surface area contributed by atoms with Crippen LogP contribution >= 0.6 is 0 Å². The summed E-state index contributed by atoms with van der Waals surface area (Å²) in [6.45, 7) is 5.97. The van der Waals surface area contributed by atoms with Crippen molar-refractivity contribution in [2.75, 3.05) is 44.7 Å². The van der Waals surface area contributed by atoms with E-state index < -0.39 is 0 Å². The normalized spacial score (nSPS) is 28.2. The Morgan fingerprint density at radius 2 is 1.79 bits per heavy atom. The maximum Gasteiger partial charge on any atom is 0.0367 e. The van der Waals surface area contributed by atoms with Crippen LogP contribution in [0.2, 0.25) is 0 Å². The number of nitrogens with zero attached hydrogens (tertiary/aromatic N) is 2. The average molecular weight is 259 g/mol. The topological polar surface area (TPSA) is 18.5 Å². The third-order valence-electron chi connectivity index (χ3n) is 4.75. The third kappa shape index (κ3) is 2.77. The first-order chi connectivity index (χ1) is 9.38. The van der Waals surface area contributed by atoms with Gasteiger partial charge in [-0.1, -0.05) is 18.2 Å². The van der Waals surface area contributed by atoms with Gasteiger partial charge >= 0.3 is 0 Å². The summed E-state index contributed by atoms with van der Waals surface area (Å²) in [7, 11) is 2.07. The largest absolute Gasteiger partial charge is 0.369 e. The summed E-state index contributed by atoms with van der Waals surface area (Å²) in [6, 6.07) is 11.7. The molecule has 0 radical (unpaired) electrons. The Morgan fingerprint density at radius 3 is 2.37 bits per heavy atom. The lowest BCUT2D eigenvalue weighted by Crippen LogP contribution is -2.57. The zero-order valence-corrected chi connectivity index (χ0v) is 11.9. The molecule has 1 saturated carbocycles. The van der Waals surface area contributed by atoms with E-state index in [4.69, 9.17) is 0 Å². The van der Waals surface area contributed by atoms with Gasteiger partial charge in [0.05, 0.1) is 0 Å². The molecule has 3 rings (SSSR count). The summed E-state index contributed by atoms with van der Waals surface area (Å²) in [5.41, 5.74) is 1.38. The third-order valence-corrected chi connectivity index (χ3v) is 4.75. The molecule has 0 spiro atoms. The number of benzene rings is 1. The van der Waals surface area contributed by atoms with E-state index in [1.54, 1.807) is 0 Å². The highest BCUT2D eigenvalue weighted by molar-refractivity contribution is 5.46. The number of nitrogens with one attached hydrogen (secondary N) is 1. The average Bonchev–Trinajstić information content (AvgIpc) is 2.45. The minimum atomic E-state index is 0.838. The van der Waals surface area contributed by atoms with Gasteiger partial charge in [0.1, 0.15) is 0 Å². The van der Waals surface area contributed by atoms with Crippen LogP contribution in [0.5, 0.6) is 0 Å². The molecule has 3 heteroatoms. The molecule has 3 nitrogen and oxygen atoms in total. The van der Waals surface area contributed by atoms with Gasteiger partial charge in [0.25, 0.3) is 0 Å². The Morgan fingerprint density at radius 1 is 1.05 bits per heavy atom. The quantitative estimate of drug-likeness (QED) is 0.889. The highest BCUT2D eigenvalue weighted by Crippen LogP contribution is 2.32. The van der Waals surface area contributed by atoms with Crippen LogP contribution < -0.4 is 10.2 Å². The Bertz CT molecular complexity index is 384. The summed E-state index contributed by atoms with van der Waals surface area (Å²) >= 11 is 0. The second-order valence-corrected chi connectivity index (χ2v) is 5.82. The second kappa shape index (κ2) is 5.93. The van der Waals surface area contributed by atoms with E-state index in [-0.39, 0.29) is 0 Å². The van der Waals surface area contributed by atoms with Crippen LogP contribution in [-0.2, 0) is 0 Å². The lowest BCUT2D eigenvalue weighted by Gasteiger charge is -2.48. The van der Waals surface area contributed by atoms with Gasteiger partial charge < -0.3 is 10.2 Å². The number of piperazine rings is 1. The van der Waals surface area contributed by atoms with E-state index in [0.717, 1.165) is 12.0 Å². The number of anilines is 1. The Balaban J connectivity index is 1.52. The van der Waals surface area contributed by atoms with Crippen LogP contribution in [0, 0.1) is 5.92 Å². The molecule has 1 saturated heterocycles.